The van der Waals surface area contributed by atoms with Gasteiger partial charge in [0, 0.05) is 31.9 Å². The molecule has 2 aromatic carbocycles. The van der Waals surface area contributed by atoms with Crippen LogP contribution < -0.4 is 10.6 Å². The standard InChI is InChI=1S/C36H56N2O6Si/c1-34(2,3)44-33(41)37-26-30(27-43-45(8,9)35(4,5)6)36(32(40)42-7,25-29-22-16-11-17-23-29)38-31(39)24-18-12-15-21-28-19-13-10-14-20-28/h10-11,13-14,16-17,19-20,22-23,30H,12,15,18,21,24-27H2,1-9H3,(H,37,41)(H,38,39)/t30?,36-/m1/s1. The Balaban J connectivity index is 2.39. The predicted octanol–water partition coefficient (Wildman–Crippen LogP) is 7.22. The molecule has 0 saturated carbocycles. The Morgan fingerprint density at radius 1 is 0.822 bits per heavy atom. The number of nitrogens with one attached hydrogen (secondary N) is 2. The van der Waals surface area contributed by atoms with Gasteiger partial charge in [-0.1, -0.05) is 87.9 Å². The fourth-order valence-corrected chi connectivity index (χ4v) is 5.90. The number of carbonyl (C=O) groups excluding carboxylic acids is 3. The van der Waals surface area contributed by atoms with Gasteiger partial charge in [0.1, 0.15) is 11.1 Å². The summed E-state index contributed by atoms with van der Waals surface area (Å²) in [4.78, 5) is 40.4. The predicted molar refractivity (Wildman–Crippen MR) is 183 cm³/mol. The third kappa shape index (κ3) is 12.6. The lowest BCUT2D eigenvalue weighted by Crippen LogP contribution is -2.65. The van der Waals surface area contributed by atoms with Crippen molar-refractivity contribution < 1.29 is 28.3 Å². The highest BCUT2D eigenvalue weighted by Gasteiger charge is 2.50. The number of unbranched alkanes of at least 4 members (excludes halogenated alkanes) is 2. The molecule has 0 bridgehead atoms. The van der Waals surface area contributed by atoms with Gasteiger partial charge in [0.2, 0.25) is 5.91 Å². The van der Waals surface area contributed by atoms with Crippen molar-refractivity contribution in [1.29, 1.82) is 0 Å². The quantitative estimate of drug-likeness (QED) is 0.114. The minimum atomic E-state index is -2.28. The van der Waals surface area contributed by atoms with E-state index in [-0.39, 0.29) is 36.9 Å². The Morgan fingerprint density at radius 2 is 1.40 bits per heavy atom. The second kappa shape index (κ2) is 16.9. The van der Waals surface area contributed by atoms with E-state index in [1.54, 1.807) is 20.8 Å². The first-order valence-corrected chi connectivity index (χ1v) is 19.0. The SMILES string of the molecule is COC(=O)[C@](Cc1ccccc1)(NC(=O)CCCCCc1ccccc1)C(CNC(=O)OC(C)(C)C)CO[Si](C)(C)C(C)(C)C. The molecule has 2 atom stereocenters. The highest BCUT2D eigenvalue weighted by molar-refractivity contribution is 6.74. The summed E-state index contributed by atoms with van der Waals surface area (Å²) >= 11 is 0. The summed E-state index contributed by atoms with van der Waals surface area (Å²) in [6.07, 6.45) is 3.30. The van der Waals surface area contributed by atoms with Crippen molar-refractivity contribution in [3.63, 3.8) is 0 Å². The van der Waals surface area contributed by atoms with Gasteiger partial charge in [-0.05, 0) is 69.3 Å². The number of hydrogen-bond donors (Lipinski definition) is 2. The Bertz CT molecular complexity index is 1210. The third-order valence-corrected chi connectivity index (χ3v) is 13.0. The molecule has 0 aromatic heterocycles. The average Bonchev–Trinajstić information content (AvgIpc) is 2.95. The smallest absolute Gasteiger partial charge is 0.407 e. The molecule has 2 amide bonds. The maximum Gasteiger partial charge on any atom is 0.407 e. The molecule has 0 aliphatic carbocycles. The zero-order valence-electron chi connectivity index (χ0n) is 29.0. The molecule has 2 aromatic rings. The molecule has 2 N–H and O–H groups in total. The van der Waals surface area contributed by atoms with E-state index in [0.29, 0.717) is 6.42 Å². The van der Waals surface area contributed by atoms with Gasteiger partial charge < -0.3 is 24.5 Å². The van der Waals surface area contributed by atoms with E-state index in [1.807, 2.05) is 48.5 Å². The summed E-state index contributed by atoms with van der Waals surface area (Å²) in [5.74, 6) is -1.49. The molecular formula is C36H56N2O6Si. The summed E-state index contributed by atoms with van der Waals surface area (Å²) in [7, 11) is -0.961. The van der Waals surface area contributed by atoms with Crippen molar-refractivity contribution in [2.75, 3.05) is 20.3 Å². The maximum absolute atomic E-state index is 13.9. The van der Waals surface area contributed by atoms with Crippen LogP contribution in [0.3, 0.4) is 0 Å². The van der Waals surface area contributed by atoms with Crippen LogP contribution in [-0.4, -0.2) is 57.7 Å². The molecule has 0 radical (unpaired) electrons. The first-order chi connectivity index (χ1) is 21.0. The lowest BCUT2D eigenvalue weighted by molar-refractivity contribution is -0.154. The summed E-state index contributed by atoms with van der Waals surface area (Å²) in [5.41, 5.74) is -0.0819. The number of carbonyl (C=O) groups is 3. The van der Waals surface area contributed by atoms with Crippen LogP contribution in [0.15, 0.2) is 60.7 Å². The molecule has 0 heterocycles. The van der Waals surface area contributed by atoms with Gasteiger partial charge in [0.25, 0.3) is 0 Å². The van der Waals surface area contributed by atoms with Gasteiger partial charge in [-0.15, -0.1) is 0 Å². The second-order valence-electron chi connectivity index (χ2n) is 14.4. The number of methoxy groups -OCH3 is 1. The fraction of sp³-hybridized carbons (Fsp3) is 0.583. The van der Waals surface area contributed by atoms with Gasteiger partial charge in [-0.2, -0.15) is 0 Å². The first kappa shape index (κ1) is 38.0. The molecule has 0 fully saturated rings. The van der Waals surface area contributed by atoms with Crippen molar-refractivity contribution >= 4 is 26.3 Å². The van der Waals surface area contributed by atoms with Crippen LogP contribution in [0.5, 0.6) is 0 Å². The highest BCUT2D eigenvalue weighted by atomic mass is 28.4. The van der Waals surface area contributed by atoms with Crippen LogP contribution in [0.25, 0.3) is 0 Å². The van der Waals surface area contributed by atoms with Crippen molar-refractivity contribution in [3.05, 3.63) is 71.8 Å². The monoisotopic (exact) mass is 640 g/mol. The molecule has 0 aliphatic rings. The van der Waals surface area contributed by atoms with E-state index in [2.05, 4.69) is 56.6 Å². The van der Waals surface area contributed by atoms with E-state index in [0.717, 1.165) is 24.8 Å². The van der Waals surface area contributed by atoms with Gasteiger partial charge in [-0.3, -0.25) is 4.79 Å². The molecule has 1 unspecified atom stereocenters. The summed E-state index contributed by atoms with van der Waals surface area (Å²) in [6.45, 7) is 16.2. The maximum atomic E-state index is 13.9. The minimum Gasteiger partial charge on any atom is -0.467 e. The van der Waals surface area contributed by atoms with E-state index in [9.17, 15) is 14.4 Å². The lowest BCUT2D eigenvalue weighted by atomic mass is 9.78. The molecule has 45 heavy (non-hydrogen) atoms. The number of amides is 2. The molecular weight excluding hydrogens is 584 g/mol. The minimum absolute atomic E-state index is 0.0306. The van der Waals surface area contributed by atoms with Gasteiger partial charge in [0.15, 0.2) is 8.32 Å². The van der Waals surface area contributed by atoms with E-state index < -0.39 is 37.4 Å². The van der Waals surface area contributed by atoms with Crippen LogP contribution in [0.1, 0.15) is 78.4 Å². The number of hydrogen-bond acceptors (Lipinski definition) is 6. The van der Waals surface area contributed by atoms with Crippen LogP contribution in [0.4, 0.5) is 4.79 Å². The molecule has 9 heteroatoms. The van der Waals surface area contributed by atoms with E-state index >= 15 is 0 Å². The normalized spacial score (nSPS) is 14.2. The Kier molecular flexibility index (Phi) is 14.3. The first-order valence-electron chi connectivity index (χ1n) is 16.1. The highest BCUT2D eigenvalue weighted by Crippen LogP contribution is 2.38. The fourth-order valence-electron chi connectivity index (χ4n) is 4.85. The zero-order valence-corrected chi connectivity index (χ0v) is 30.0. The average molecular weight is 641 g/mol. The van der Waals surface area contributed by atoms with Crippen molar-refractivity contribution in [1.82, 2.24) is 10.6 Å². The molecule has 8 nitrogen and oxygen atoms in total. The Morgan fingerprint density at radius 3 is 1.93 bits per heavy atom. The molecule has 0 aliphatic heterocycles. The Hall–Kier alpha value is -3.17. The largest absolute Gasteiger partial charge is 0.467 e. The molecule has 0 spiro atoms. The number of alkyl carbamates (subject to hydrolysis) is 1. The summed E-state index contributed by atoms with van der Waals surface area (Å²) in [6, 6.07) is 19.8. The molecule has 250 valence electrons. The van der Waals surface area contributed by atoms with Crippen LogP contribution in [-0.2, 0) is 36.3 Å². The van der Waals surface area contributed by atoms with E-state index in [1.165, 1.54) is 12.7 Å². The van der Waals surface area contributed by atoms with Gasteiger partial charge in [-0.25, -0.2) is 9.59 Å². The van der Waals surface area contributed by atoms with Crippen molar-refractivity contribution in [2.24, 2.45) is 5.92 Å². The van der Waals surface area contributed by atoms with Crippen LogP contribution >= 0.6 is 0 Å². The Labute approximate surface area is 272 Å². The number of esters is 1. The number of benzene rings is 2. The van der Waals surface area contributed by atoms with Crippen molar-refractivity contribution in [2.45, 2.75) is 109 Å². The number of aryl methyl sites for hydroxylation is 1. The zero-order chi connectivity index (χ0) is 33.7. The summed E-state index contributed by atoms with van der Waals surface area (Å²) in [5, 5.41) is 5.87. The lowest BCUT2D eigenvalue weighted by Gasteiger charge is -2.42. The van der Waals surface area contributed by atoms with Crippen LogP contribution in [0, 0.1) is 5.92 Å². The number of rotatable bonds is 16. The number of ether oxygens (including phenoxy) is 2. The van der Waals surface area contributed by atoms with Crippen molar-refractivity contribution in [3.8, 4) is 0 Å². The topological polar surface area (TPSA) is 103 Å². The van der Waals surface area contributed by atoms with E-state index in [4.69, 9.17) is 13.9 Å². The third-order valence-electron chi connectivity index (χ3n) is 8.49. The molecule has 2 rings (SSSR count). The second-order valence-corrected chi connectivity index (χ2v) is 19.2. The van der Waals surface area contributed by atoms with Gasteiger partial charge >= 0.3 is 12.1 Å². The van der Waals surface area contributed by atoms with Crippen LogP contribution in [0.2, 0.25) is 18.1 Å². The molecule has 0 saturated heterocycles. The summed E-state index contributed by atoms with van der Waals surface area (Å²) < 4.78 is 17.6. The van der Waals surface area contributed by atoms with Gasteiger partial charge in [0.05, 0.1) is 7.11 Å².